The first-order valence-electron chi connectivity index (χ1n) is 9.28. The first-order chi connectivity index (χ1) is 13.7. The number of benzene rings is 2. The predicted molar refractivity (Wildman–Crippen MR) is 106 cm³/mol. The number of nitrogens with one attached hydrogen (secondary N) is 2. The Morgan fingerprint density at radius 1 is 0.821 bits per heavy atom. The van der Waals surface area contributed by atoms with E-state index in [0.29, 0.717) is 49.1 Å². The van der Waals surface area contributed by atoms with Crippen molar-refractivity contribution in [3.8, 4) is 11.5 Å². The summed E-state index contributed by atoms with van der Waals surface area (Å²) in [5, 5.41) is 0. The first-order valence-corrected chi connectivity index (χ1v) is 9.28. The Balaban J connectivity index is 1.87. The van der Waals surface area contributed by atoms with Crippen LogP contribution in [0.4, 0.5) is 0 Å². The summed E-state index contributed by atoms with van der Waals surface area (Å²) in [6, 6.07) is 13.5. The Morgan fingerprint density at radius 2 is 1.54 bits per heavy atom. The smallest absolute Gasteiger partial charge is 0.273 e. The molecule has 0 unspecified atom stereocenters. The Hall–Kier alpha value is -3.06. The van der Waals surface area contributed by atoms with E-state index in [-0.39, 0.29) is 0 Å². The summed E-state index contributed by atoms with van der Waals surface area (Å²) in [4.78, 5) is 24.6. The average molecular weight is 386 g/mol. The molecule has 2 N–H and O–H groups in total. The van der Waals surface area contributed by atoms with Gasteiger partial charge in [0.25, 0.3) is 11.8 Å². The maximum Gasteiger partial charge on any atom is 0.273 e. The van der Waals surface area contributed by atoms with Crippen molar-refractivity contribution in [2.24, 2.45) is 0 Å². The maximum absolute atomic E-state index is 12.4. The second kappa shape index (κ2) is 11.6. The Kier molecular flexibility index (Phi) is 8.81. The zero-order valence-corrected chi connectivity index (χ0v) is 16.2. The molecule has 0 saturated carbocycles. The van der Waals surface area contributed by atoms with Gasteiger partial charge < -0.3 is 14.2 Å². The molecular weight excluding hydrogens is 360 g/mol. The van der Waals surface area contributed by atoms with Crippen LogP contribution in [0.25, 0.3) is 0 Å². The van der Waals surface area contributed by atoms with Gasteiger partial charge in [-0.1, -0.05) is 19.1 Å². The van der Waals surface area contributed by atoms with Gasteiger partial charge in [0.1, 0.15) is 18.1 Å². The summed E-state index contributed by atoms with van der Waals surface area (Å²) in [7, 11) is 0. The van der Waals surface area contributed by atoms with E-state index in [9.17, 15) is 9.59 Å². The largest absolute Gasteiger partial charge is 0.493 e. The molecule has 0 radical (unpaired) electrons. The Morgan fingerprint density at radius 3 is 2.25 bits per heavy atom. The van der Waals surface area contributed by atoms with Gasteiger partial charge in [-0.15, -0.1) is 0 Å². The fourth-order valence-corrected chi connectivity index (χ4v) is 2.31. The van der Waals surface area contributed by atoms with Gasteiger partial charge >= 0.3 is 0 Å². The minimum Gasteiger partial charge on any atom is -0.493 e. The van der Waals surface area contributed by atoms with E-state index in [0.717, 1.165) is 6.42 Å². The third-order valence-electron chi connectivity index (χ3n) is 3.70. The number of para-hydroxylation sites is 1. The van der Waals surface area contributed by atoms with Crippen LogP contribution < -0.4 is 20.3 Å². The number of carbonyl (C=O) groups excluding carboxylic acids is 2. The summed E-state index contributed by atoms with van der Waals surface area (Å²) in [6.45, 7) is 6.00. The number of hydrazine groups is 1. The molecule has 7 heteroatoms. The lowest BCUT2D eigenvalue weighted by Crippen LogP contribution is -2.41. The van der Waals surface area contributed by atoms with Crippen molar-refractivity contribution < 1.29 is 23.8 Å². The second-order valence-electron chi connectivity index (χ2n) is 5.82. The van der Waals surface area contributed by atoms with E-state index < -0.39 is 11.8 Å². The van der Waals surface area contributed by atoms with E-state index in [1.165, 1.54) is 0 Å². The highest BCUT2D eigenvalue weighted by Gasteiger charge is 2.13. The van der Waals surface area contributed by atoms with Crippen molar-refractivity contribution >= 4 is 11.8 Å². The molecule has 0 saturated heterocycles. The molecule has 0 aliphatic rings. The fourth-order valence-electron chi connectivity index (χ4n) is 2.31. The molecule has 0 fully saturated rings. The van der Waals surface area contributed by atoms with Crippen LogP contribution in [0.15, 0.2) is 48.5 Å². The van der Waals surface area contributed by atoms with Crippen molar-refractivity contribution in [2.75, 3.05) is 26.4 Å². The number of rotatable bonds is 10. The third-order valence-corrected chi connectivity index (χ3v) is 3.70. The van der Waals surface area contributed by atoms with Gasteiger partial charge in [-0.3, -0.25) is 20.4 Å². The van der Waals surface area contributed by atoms with Crippen molar-refractivity contribution in [1.82, 2.24) is 10.9 Å². The molecule has 0 aliphatic heterocycles. The molecule has 2 aromatic carbocycles. The summed E-state index contributed by atoms with van der Waals surface area (Å²) in [6.07, 6.45) is 0.831. The van der Waals surface area contributed by atoms with Gasteiger partial charge in [0.05, 0.1) is 18.8 Å². The van der Waals surface area contributed by atoms with Gasteiger partial charge in [-0.05, 0) is 49.7 Å². The first kappa shape index (κ1) is 21.2. The lowest BCUT2D eigenvalue weighted by atomic mass is 10.2. The molecule has 0 spiro atoms. The van der Waals surface area contributed by atoms with Crippen molar-refractivity contribution in [1.29, 1.82) is 0 Å². The van der Waals surface area contributed by atoms with Crippen LogP contribution in [-0.4, -0.2) is 38.2 Å². The predicted octanol–water partition coefficient (Wildman–Crippen LogP) is 2.97. The van der Waals surface area contributed by atoms with Gasteiger partial charge in [0, 0.05) is 12.2 Å². The normalized spacial score (nSPS) is 10.2. The highest BCUT2D eigenvalue weighted by Crippen LogP contribution is 2.18. The van der Waals surface area contributed by atoms with Crippen molar-refractivity contribution in [2.45, 2.75) is 20.3 Å². The molecule has 2 aromatic rings. The van der Waals surface area contributed by atoms with Crippen LogP contribution in [0.1, 0.15) is 41.0 Å². The molecule has 2 amide bonds. The third kappa shape index (κ3) is 6.59. The average Bonchev–Trinajstić information content (AvgIpc) is 2.74. The standard InChI is InChI=1S/C21H26N2O5/c1-3-13-28-19-8-6-5-7-18(19)21(25)23-22-20(24)16-9-11-17(12-10-16)27-15-14-26-4-2/h5-12H,3-4,13-15H2,1-2H3,(H,22,24)(H,23,25). The summed E-state index contributed by atoms with van der Waals surface area (Å²) in [5.74, 6) is 0.240. The molecular formula is C21H26N2O5. The topological polar surface area (TPSA) is 85.9 Å². The Labute approximate surface area is 165 Å². The van der Waals surface area contributed by atoms with Crippen LogP contribution in [0, 0.1) is 0 Å². The van der Waals surface area contributed by atoms with Crippen molar-refractivity contribution in [3.05, 3.63) is 59.7 Å². The summed E-state index contributed by atoms with van der Waals surface area (Å²) >= 11 is 0. The number of hydrogen-bond acceptors (Lipinski definition) is 5. The Bertz CT molecular complexity index is 762. The molecule has 0 bridgehead atoms. The number of amides is 2. The van der Waals surface area contributed by atoms with E-state index in [1.54, 1.807) is 48.5 Å². The highest BCUT2D eigenvalue weighted by molar-refractivity contribution is 6.00. The van der Waals surface area contributed by atoms with E-state index in [2.05, 4.69) is 10.9 Å². The van der Waals surface area contributed by atoms with Crippen LogP contribution in [-0.2, 0) is 4.74 Å². The van der Waals surface area contributed by atoms with E-state index in [4.69, 9.17) is 14.2 Å². The highest BCUT2D eigenvalue weighted by atomic mass is 16.5. The molecule has 0 aliphatic carbocycles. The van der Waals surface area contributed by atoms with Crippen LogP contribution >= 0.6 is 0 Å². The van der Waals surface area contributed by atoms with Crippen molar-refractivity contribution in [3.63, 3.8) is 0 Å². The molecule has 7 nitrogen and oxygen atoms in total. The molecule has 0 heterocycles. The van der Waals surface area contributed by atoms with E-state index >= 15 is 0 Å². The van der Waals surface area contributed by atoms with E-state index in [1.807, 2.05) is 13.8 Å². The zero-order valence-electron chi connectivity index (χ0n) is 16.2. The SMILES string of the molecule is CCCOc1ccccc1C(=O)NNC(=O)c1ccc(OCCOCC)cc1. The second-order valence-corrected chi connectivity index (χ2v) is 5.82. The minimum absolute atomic E-state index is 0.356. The molecule has 28 heavy (non-hydrogen) atoms. The number of carbonyl (C=O) groups is 2. The lowest BCUT2D eigenvalue weighted by molar-refractivity contribution is 0.0844. The number of hydrogen-bond donors (Lipinski definition) is 2. The lowest BCUT2D eigenvalue weighted by Gasteiger charge is -2.12. The molecule has 0 atom stereocenters. The van der Waals surface area contributed by atoms with Crippen LogP contribution in [0.5, 0.6) is 11.5 Å². The number of ether oxygens (including phenoxy) is 3. The molecule has 2 rings (SSSR count). The summed E-state index contributed by atoms with van der Waals surface area (Å²) < 4.78 is 16.3. The van der Waals surface area contributed by atoms with Crippen LogP contribution in [0.2, 0.25) is 0 Å². The molecule has 0 aromatic heterocycles. The fraction of sp³-hybridized carbons (Fsp3) is 0.333. The monoisotopic (exact) mass is 386 g/mol. The molecule has 150 valence electrons. The minimum atomic E-state index is -0.448. The van der Waals surface area contributed by atoms with Gasteiger partial charge in [-0.2, -0.15) is 0 Å². The van der Waals surface area contributed by atoms with Gasteiger partial charge in [0.2, 0.25) is 0 Å². The summed E-state index contributed by atoms with van der Waals surface area (Å²) in [5.41, 5.74) is 5.57. The van der Waals surface area contributed by atoms with Gasteiger partial charge in [0.15, 0.2) is 0 Å². The quantitative estimate of drug-likeness (QED) is 0.484. The zero-order chi connectivity index (χ0) is 20.2. The maximum atomic E-state index is 12.4. The van der Waals surface area contributed by atoms with Crippen LogP contribution in [0.3, 0.4) is 0 Å². The van der Waals surface area contributed by atoms with Gasteiger partial charge in [-0.25, -0.2) is 0 Å².